The van der Waals surface area contributed by atoms with Crippen molar-refractivity contribution in [2.45, 2.75) is 50.4 Å². The maximum Gasteiger partial charge on any atom is 0.416 e. The number of rotatable bonds is 5. The van der Waals surface area contributed by atoms with Gasteiger partial charge in [-0.25, -0.2) is 0 Å². The Bertz CT molecular complexity index is 662. The van der Waals surface area contributed by atoms with Crippen molar-refractivity contribution in [1.82, 2.24) is 10.2 Å². The molecule has 150 valence electrons. The van der Waals surface area contributed by atoms with E-state index in [2.05, 4.69) is 10.2 Å². The predicted octanol–water partition coefficient (Wildman–Crippen LogP) is 3.47. The number of likely N-dealkylation sites (tertiary alicyclic amines) is 1. The zero-order valence-electron chi connectivity index (χ0n) is 15.6. The Hall–Kier alpha value is -1.96. The van der Waals surface area contributed by atoms with E-state index in [4.69, 9.17) is 9.47 Å². The van der Waals surface area contributed by atoms with Crippen LogP contribution in [0.4, 0.5) is 13.2 Å². The van der Waals surface area contributed by atoms with E-state index < -0.39 is 17.6 Å². The summed E-state index contributed by atoms with van der Waals surface area (Å²) in [5.41, 5.74) is -0.913. The SMILES string of the molecule is COc1cc(C(F)(F)F)cc(OC)c1C(=O)NC1CCCC1N1CCCC1. The largest absolute Gasteiger partial charge is 0.496 e. The van der Waals surface area contributed by atoms with Crippen LogP contribution in [0.15, 0.2) is 12.1 Å². The first-order valence-corrected chi connectivity index (χ1v) is 9.23. The van der Waals surface area contributed by atoms with Crippen molar-refractivity contribution >= 4 is 5.91 Å². The molecular formula is C19H25F3N2O3. The summed E-state index contributed by atoms with van der Waals surface area (Å²) in [4.78, 5) is 15.3. The van der Waals surface area contributed by atoms with Crippen LogP contribution in [0.5, 0.6) is 11.5 Å². The lowest BCUT2D eigenvalue weighted by molar-refractivity contribution is -0.137. The van der Waals surface area contributed by atoms with Gasteiger partial charge in [0.1, 0.15) is 17.1 Å². The van der Waals surface area contributed by atoms with Crippen molar-refractivity contribution in [2.24, 2.45) is 0 Å². The minimum atomic E-state index is -4.55. The number of ether oxygens (including phenoxy) is 2. The maximum absolute atomic E-state index is 13.1. The first-order valence-electron chi connectivity index (χ1n) is 9.23. The minimum Gasteiger partial charge on any atom is -0.496 e. The molecule has 1 amide bonds. The van der Waals surface area contributed by atoms with E-state index in [1.54, 1.807) is 0 Å². The molecule has 1 saturated heterocycles. The summed E-state index contributed by atoms with van der Waals surface area (Å²) in [6.07, 6.45) is 0.676. The van der Waals surface area contributed by atoms with E-state index in [-0.39, 0.29) is 29.1 Å². The highest BCUT2D eigenvalue weighted by molar-refractivity contribution is 6.00. The average Bonchev–Trinajstić information content (AvgIpc) is 3.30. The van der Waals surface area contributed by atoms with Crippen molar-refractivity contribution in [3.63, 3.8) is 0 Å². The Morgan fingerprint density at radius 3 is 2.19 bits per heavy atom. The third-order valence-corrected chi connectivity index (χ3v) is 5.47. The minimum absolute atomic E-state index is 0.0000666. The summed E-state index contributed by atoms with van der Waals surface area (Å²) in [6, 6.07) is 1.93. The molecule has 1 N–H and O–H groups in total. The summed E-state index contributed by atoms with van der Waals surface area (Å²) in [7, 11) is 2.49. The number of hydrogen-bond acceptors (Lipinski definition) is 4. The third-order valence-electron chi connectivity index (χ3n) is 5.47. The fourth-order valence-electron chi connectivity index (χ4n) is 4.16. The highest BCUT2D eigenvalue weighted by atomic mass is 19.4. The van der Waals surface area contributed by atoms with Crippen LogP contribution in [0, 0.1) is 0 Å². The van der Waals surface area contributed by atoms with Crippen molar-refractivity contribution in [2.75, 3.05) is 27.3 Å². The molecule has 1 saturated carbocycles. The fraction of sp³-hybridized carbons (Fsp3) is 0.632. The first kappa shape index (κ1) is 19.8. The molecule has 2 aliphatic rings. The van der Waals surface area contributed by atoms with E-state index in [1.807, 2.05) is 0 Å². The number of amides is 1. The summed E-state index contributed by atoms with van der Waals surface area (Å²) < 4.78 is 49.4. The highest BCUT2D eigenvalue weighted by Crippen LogP contribution is 2.38. The topological polar surface area (TPSA) is 50.8 Å². The zero-order chi connectivity index (χ0) is 19.6. The number of nitrogens with zero attached hydrogens (tertiary/aromatic N) is 1. The average molecular weight is 386 g/mol. The molecular weight excluding hydrogens is 361 g/mol. The molecule has 27 heavy (non-hydrogen) atoms. The number of carbonyl (C=O) groups is 1. The van der Waals surface area contributed by atoms with Crippen molar-refractivity contribution in [1.29, 1.82) is 0 Å². The van der Waals surface area contributed by atoms with Gasteiger partial charge in [0.2, 0.25) is 0 Å². The zero-order valence-corrected chi connectivity index (χ0v) is 15.6. The second-order valence-electron chi connectivity index (χ2n) is 7.07. The first-order chi connectivity index (χ1) is 12.8. The number of halogens is 3. The normalized spacial score (nSPS) is 23.4. The van der Waals surface area contributed by atoms with Crippen LogP contribution in [-0.2, 0) is 6.18 Å². The van der Waals surface area contributed by atoms with E-state index >= 15 is 0 Å². The number of hydrogen-bond donors (Lipinski definition) is 1. The number of methoxy groups -OCH3 is 2. The lowest BCUT2D eigenvalue weighted by Gasteiger charge is -2.30. The van der Waals surface area contributed by atoms with Crippen LogP contribution in [-0.4, -0.2) is 50.2 Å². The molecule has 1 aliphatic heterocycles. The van der Waals surface area contributed by atoms with Gasteiger partial charge in [0.25, 0.3) is 5.91 Å². The molecule has 0 bridgehead atoms. The van der Waals surface area contributed by atoms with Gasteiger partial charge in [-0.2, -0.15) is 13.2 Å². The molecule has 8 heteroatoms. The second-order valence-corrected chi connectivity index (χ2v) is 7.07. The van der Waals surface area contributed by atoms with Crippen molar-refractivity contribution < 1.29 is 27.4 Å². The fourth-order valence-corrected chi connectivity index (χ4v) is 4.16. The summed E-state index contributed by atoms with van der Waals surface area (Å²) in [6.45, 7) is 2.06. The molecule has 1 aromatic rings. The Morgan fingerprint density at radius 2 is 1.67 bits per heavy atom. The summed E-state index contributed by atoms with van der Waals surface area (Å²) in [5.74, 6) is -0.752. The smallest absolute Gasteiger partial charge is 0.416 e. The molecule has 0 spiro atoms. The number of benzene rings is 1. The lowest BCUT2D eigenvalue weighted by Crippen LogP contribution is -2.47. The Kier molecular flexibility index (Phi) is 5.83. The number of carbonyl (C=O) groups excluding carboxylic acids is 1. The lowest BCUT2D eigenvalue weighted by atomic mass is 10.1. The van der Waals surface area contributed by atoms with E-state index in [9.17, 15) is 18.0 Å². The maximum atomic E-state index is 13.1. The van der Waals surface area contributed by atoms with Crippen LogP contribution < -0.4 is 14.8 Å². The standard InChI is InChI=1S/C19H25F3N2O3/c1-26-15-10-12(19(20,21)22)11-16(27-2)17(15)18(25)23-13-6-5-7-14(13)24-8-3-4-9-24/h10-11,13-14H,3-9H2,1-2H3,(H,23,25). The van der Waals surface area contributed by atoms with Gasteiger partial charge < -0.3 is 14.8 Å². The molecule has 2 fully saturated rings. The Morgan fingerprint density at radius 1 is 1.07 bits per heavy atom. The highest BCUT2D eigenvalue weighted by Gasteiger charge is 2.37. The van der Waals surface area contributed by atoms with Gasteiger partial charge in [0, 0.05) is 12.1 Å². The number of nitrogens with one attached hydrogen (secondary N) is 1. The van der Waals surface area contributed by atoms with Gasteiger partial charge in [0.05, 0.1) is 19.8 Å². The Labute approximate surface area is 156 Å². The molecule has 3 rings (SSSR count). The molecule has 1 heterocycles. The number of alkyl halides is 3. The Balaban J connectivity index is 1.85. The van der Waals surface area contributed by atoms with Crippen molar-refractivity contribution in [3.8, 4) is 11.5 Å². The van der Waals surface area contributed by atoms with Gasteiger partial charge in [-0.05, 0) is 57.3 Å². The van der Waals surface area contributed by atoms with Gasteiger partial charge in [-0.1, -0.05) is 0 Å². The molecule has 2 unspecified atom stereocenters. The van der Waals surface area contributed by atoms with Crippen LogP contribution in [0.25, 0.3) is 0 Å². The van der Waals surface area contributed by atoms with E-state index in [0.29, 0.717) is 0 Å². The monoisotopic (exact) mass is 386 g/mol. The van der Waals surface area contributed by atoms with Crippen LogP contribution >= 0.6 is 0 Å². The van der Waals surface area contributed by atoms with Gasteiger partial charge in [-0.3, -0.25) is 9.69 Å². The molecule has 0 aromatic heterocycles. The molecule has 0 radical (unpaired) electrons. The summed E-state index contributed by atoms with van der Waals surface area (Å²) >= 11 is 0. The van der Waals surface area contributed by atoms with Crippen LogP contribution in [0.2, 0.25) is 0 Å². The third kappa shape index (κ3) is 4.15. The van der Waals surface area contributed by atoms with E-state index in [0.717, 1.165) is 57.3 Å². The predicted molar refractivity (Wildman–Crippen MR) is 94.2 cm³/mol. The molecule has 1 aliphatic carbocycles. The van der Waals surface area contributed by atoms with Crippen LogP contribution in [0.3, 0.4) is 0 Å². The van der Waals surface area contributed by atoms with Gasteiger partial charge in [-0.15, -0.1) is 0 Å². The summed E-state index contributed by atoms with van der Waals surface area (Å²) in [5, 5.41) is 3.01. The molecule has 2 atom stereocenters. The van der Waals surface area contributed by atoms with E-state index in [1.165, 1.54) is 14.2 Å². The molecule has 5 nitrogen and oxygen atoms in total. The second kappa shape index (κ2) is 7.96. The molecule has 1 aromatic carbocycles. The van der Waals surface area contributed by atoms with Crippen LogP contribution in [0.1, 0.15) is 48.0 Å². The quantitative estimate of drug-likeness (QED) is 0.842. The van der Waals surface area contributed by atoms with Gasteiger partial charge in [0.15, 0.2) is 0 Å². The van der Waals surface area contributed by atoms with Gasteiger partial charge >= 0.3 is 6.18 Å². The van der Waals surface area contributed by atoms with Crippen molar-refractivity contribution in [3.05, 3.63) is 23.3 Å².